The largest absolute Gasteiger partial charge is 0.497 e. The van der Waals surface area contributed by atoms with Crippen LogP contribution in [-0.2, 0) is 47.8 Å². The van der Waals surface area contributed by atoms with Crippen LogP contribution in [0.5, 0.6) is 17.2 Å². The van der Waals surface area contributed by atoms with E-state index in [-0.39, 0.29) is 34.8 Å². The SMILES string of the molecule is COc1ccc2c(c1)C(=O)N(c1ccc3[nH]c(=O)[nH]c3c1)C2.COc1ccc2c(c1)C(=O)N(c1ccc3c(c1)n(C)c(=O)n3C)C2.COc1ccc2c(c1)C(=O)N(c1ccc3c(c1)n(C)c(=O)n3C)C2. The first-order chi connectivity index (χ1) is 33.7. The number of nitrogens with one attached hydrogen (secondary N) is 2. The molecule has 0 spiro atoms. The van der Waals surface area contributed by atoms with Gasteiger partial charge >= 0.3 is 17.1 Å². The van der Waals surface area contributed by atoms with Gasteiger partial charge < -0.3 is 38.9 Å². The molecule has 354 valence electrons. The van der Waals surface area contributed by atoms with Crippen molar-refractivity contribution in [3.05, 3.63) is 174 Å². The van der Waals surface area contributed by atoms with E-state index in [2.05, 4.69) is 9.97 Å². The Morgan fingerprint density at radius 3 is 1.11 bits per heavy atom. The Kier molecular flexibility index (Phi) is 11.0. The first kappa shape index (κ1) is 44.8. The Bertz CT molecular complexity index is 3660. The van der Waals surface area contributed by atoms with Crippen LogP contribution in [0.4, 0.5) is 17.1 Å². The van der Waals surface area contributed by atoms with E-state index in [0.29, 0.717) is 59.1 Å². The van der Waals surface area contributed by atoms with Crippen molar-refractivity contribution in [2.75, 3.05) is 36.0 Å². The highest BCUT2D eigenvalue weighted by atomic mass is 16.5. The van der Waals surface area contributed by atoms with Crippen molar-refractivity contribution in [1.82, 2.24) is 28.2 Å². The minimum atomic E-state index is -0.257. The van der Waals surface area contributed by atoms with Gasteiger partial charge in [0.2, 0.25) is 0 Å². The zero-order valence-electron chi connectivity index (χ0n) is 39.3. The van der Waals surface area contributed by atoms with Gasteiger partial charge in [-0.05, 0) is 108 Å². The quantitative estimate of drug-likeness (QED) is 0.198. The number of anilines is 3. The van der Waals surface area contributed by atoms with Gasteiger partial charge in [0.1, 0.15) is 17.2 Å². The molecule has 0 atom stereocenters. The molecule has 6 heterocycles. The van der Waals surface area contributed by atoms with Crippen molar-refractivity contribution in [2.45, 2.75) is 19.6 Å². The highest BCUT2D eigenvalue weighted by molar-refractivity contribution is 6.12. The van der Waals surface area contributed by atoms with E-state index in [4.69, 9.17) is 14.2 Å². The summed E-state index contributed by atoms with van der Waals surface area (Å²) in [6.07, 6.45) is 0. The Morgan fingerprint density at radius 1 is 0.386 bits per heavy atom. The molecule has 0 aliphatic carbocycles. The van der Waals surface area contributed by atoms with Gasteiger partial charge in [0.05, 0.1) is 74.1 Å². The van der Waals surface area contributed by atoms with E-state index in [1.54, 1.807) is 113 Å². The van der Waals surface area contributed by atoms with Crippen molar-refractivity contribution in [3.63, 3.8) is 0 Å². The molecule has 3 amide bonds. The van der Waals surface area contributed by atoms with Crippen molar-refractivity contribution in [3.8, 4) is 17.2 Å². The summed E-state index contributed by atoms with van der Waals surface area (Å²) in [7, 11) is 11.7. The second-order valence-corrected chi connectivity index (χ2v) is 17.2. The monoisotopic (exact) mass is 941 g/mol. The van der Waals surface area contributed by atoms with Crippen molar-refractivity contribution >= 4 is 67.9 Å². The molecule has 2 N–H and O–H groups in total. The number of methoxy groups -OCH3 is 3. The maximum absolute atomic E-state index is 12.8. The molecule has 3 aliphatic heterocycles. The minimum Gasteiger partial charge on any atom is -0.497 e. The van der Waals surface area contributed by atoms with E-state index < -0.39 is 0 Å². The van der Waals surface area contributed by atoms with E-state index in [1.807, 2.05) is 78.9 Å². The van der Waals surface area contributed by atoms with Gasteiger partial charge in [-0.25, -0.2) is 14.4 Å². The summed E-state index contributed by atoms with van der Waals surface area (Å²) in [5.41, 5.74) is 11.5. The highest BCUT2D eigenvalue weighted by Crippen LogP contribution is 2.35. The van der Waals surface area contributed by atoms with Crippen LogP contribution in [0.3, 0.4) is 0 Å². The van der Waals surface area contributed by atoms with Crippen LogP contribution in [-0.4, -0.2) is 67.3 Å². The van der Waals surface area contributed by atoms with Gasteiger partial charge in [-0.1, -0.05) is 18.2 Å². The van der Waals surface area contributed by atoms with E-state index >= 15 is 0 Å². The molecule has 3 aliphatic rings. The standard InChI is InChI=1S/2C18H17N3O3.C16H13N3O3/c2*1-19-15-7-5-12(8-16(15)20(2)18(19)23)21-10-11-4-6-13(24-3)9-14(11)17(21)22;1-22-11-4-2-9-8-19(15(20)12(9)7-11)10-3-5-13-14(6-10)18-16(21)17-13/h2*4-9H,10H2,1-3H3;2-7H,8H2,1H3,(H2,17,18,21). The lowest BCUT2D eigenvalue weighted by Crippen LogP contribution is -2.23. The number of benzene rings is 6. The van der Waals surface area contributed by atoms with Crippen molar-refractivity contribution < 1.29 is 28.6 Å². The molecule has 0 saturated heterocycles. The third-order valence-electron chi connectivity index (χ3n) is 13.3. The molecular formula is C52H47N9O9. The molecule has 0 bridgehead atoms. The number of H-pyrrole nitrogens is 2. The molecule has 0 fully saturated rings. The van der Waals surface area contributed by atoms with Crippen molar-refractivity contribution in [2.24, 2.45) is 28.2 Å². The fourth-order valence-corrected chi connectivity index (χ4v) is 9.36. The Morgan fingerprint density at radius 2 is 0.729 bits per heavy atom. The molecule has 18 nitrogen and oxygen atoms in total. The fourth-order valence-electron chi connectivity index (χ4n) is 9.36. The van der Waals surface area contributed by atoms with Crippen molar-refractivity contribution in [1.29, 1.82) is 0 Å². The molecule has 3 aromatic heterocycles. The first-order valence-corrected chi connectivity index (χ1v) is 22.2. The summed E-state index contributed by atoms with van der Waals surface area (Å²) in [5.74, 6) is 1.84. The van der Waals surface area contributed by atoms with Crippen LogP contribution in [0.25, 0.3) is 33.1 Å². The molecule has 70 heavy (non-hydrogen) atoms. The van der Waals surface area contributed by atoms with Crippen LogP contribution in [0.1, 0.15) is 47.8 Å². The van der Waals surface area contributed by atoms with Gasteiger partial charge in [0, 0.05) is 61.9 Å². The third-order valence-corrected chi connectivity index (χ3v) is 13.3. The maximum atomic E-state index is 12.8. The van der Waals surface area contributed by atoms with E-state index in [9.17, 15) is 28.8 Å². The molecule has 6 aromatic carbocycles. The number of ether oxygens (including phenoxy) is 3. The predicted octanol–water partition coefficient (Wildman–Crippen LogP) is 6.12. The second kappa shape index (κ2) is 17.2. The number of amides is 3. The number of hydrogen-bond acceptors (Lipinski definition) is 9. The minimum absolute atomic E-state index is 0.0517. The smallest absolute Gasteiger partial charge is 0.328 e. The summed E-state index contributed by atoms with van der Waals surface area (Å²) in [6, 6.07) is 33.3. The number of hydrogen-bond donors (Lipinski definition) is 2. The summed E-state index contributed by atoms with van der Waals surface area (Å²) >= 11 is 0. The van der Waals surface area contributed by atoms with Gasteiger partial charge in [-0.15, -0.1) is 0 Å². The summed E-state index contributed by atoms with van der Waals surface area (Å²) in [5, 5.41) is 0. The van der Waals surface area contributed by atoms with Gasteiger partial charge in [0.15, 0.2) is 0 Å². The average molecular weight is 942 g/mol. The molecule has 9 aromatic rings. The summed E-state index contributed by atoms with van der Waals surface area (Å²) in [6.45, 7) is 1.55. The number of aromatic amines is 2. The normalized spacial score (nSPS) is 13.6. The topological polar surface area (TPSA) is 191 Å². The first-order valence-electron chi connectivity index (χ1n) is 22.2. The highest BCUT2D eigenvalue weighted by Gasteiger charge is 2.32. The lowest BCUT2D eigenvalue weighted by Gasteiger charge is -2.16. The summed E-state index contributed by atoms with van der Waals surface area (Å²) < 4.78 is 22.0. The fraction of sp³-hybridized carbons (Fsp3) is 0.192. The Balaban J connectivity index is 0.000000122. The maximum Gasteiger partial charge on any atom is 0.328 e. The number of carbonyl (C=O) groups is 3. The number of imidazole rings is 3. The van der Waals surface area contributed by atoms with Crippen LogP contribution >= 0.6 is 0 Å². The van der Waals surface area contributed by atoms with Crippen LogP contribution in [0.2, 0.25) is 0 Å². The molecular weight excluding hydrogens is 895 g/mol. The summed E-state index contributed by atoms with van der Waals surface area (Å²) in [4.78, 5) is 84.1. The molecule has 0 saturated carbocycles. The zero-order chi connectivity index (χ0) is 49.3. The number of nitrogens with zero attached hydrogens (tertiary/aromatic N) is 7. The second-order valence-electron chi connectivity index (χ2n) is 17.2. The zero-order valence-corrected chi connectivity index (χ0v) is 39.3. The molecule has 0 unspecified atom stereocenters. The van der Waals surface area contributed by atoms with Gasteiger partial charge in [-0.3, -0.25) is 32.7 Å². The number of carbonyl (C=O) groups excluding carboxylic acids is 3. The molecule has 12 rings (SSSR count). The number of fused-ring (bicyclic) bond motifs is 6. The number of rotatable bonds is 6. The number of aromatic nitrogens is 6. The van der Waals surface area contributed by atoms with Gasteiger partial charge in [0.25, 0.3) is 17.7 Å². The van der Waals surface area contributed by atoms with E-state index in [0.717, 1.165) is 61.3 Å². The Labute approximate surface area is 398 Å². The predicted molar refractivity (Wildman–Crippen MR) is 266 cm³/mol. The van der Waals surface area contributed by atoms with Crippen LogP contribution in [0.15, 0.2) is 124 Å². The lowest BCUT2D eigenvalue weighted by atomic mass is 10.1. The lowest BCUT2D eigenvalue weighted by molar-refractivity contribution is 0.0988. The van der Waals surface area contributed by atoms with Crippen LogP contribution in [0, 0.1) is 0 Å². The molecule has 0 radical (unpaired) electrons. The molecule has 18 heteroatoms. The van der Waals surface area contributed by atoms with E-state index in [1.165, 1.54) is 0 Å². The number of aryl methyl sites for hydroxylation is 4. The average Bonchev–Trinajstić information content (AvgIpc) is 4.20. The van der Waals surface area contributed by atoms with Gasteiger partial charge in [-0.2, -0.15) is 0 Å². The van der Waals surface area contributed by atoms with Crippen LogP contribution < -0.4 is 46.0 Å². The Hall–Kier alpha value is -9.06. The third kappa shape index (κ3) is 7.45.